The third-order valence-corrected chi connectivity index (χ3v) is 4.20. The summed E-state index contributed by atoms with van der Waals surface area (Å²) in [5.41, 5.74) is 7.67. The third-order valence-electron chi connectivity index (χ3n) is 3.83. The molecule has 2 N–H and O–H groups in total. The van der Waals surface area contributed by atoms with Crippen molar-refractivity contribution in [2.24, 2.45) is 5.73 Å². The molecule has 0 radical (unpaired) electrons. The second-order valence-electron chi connectivity index (χ2n) is 5.69. The van der Waals surface area contributed by atoms with Gasteiger partial charge >= 0.3 is 0 Å². The molecule has 0 spiro atoms. The van der Waals surface area contributed by atoms with Gasteiger partial charge in [-0.3, -0.25) is 0 Å². The summed E-state index contributed by atoms with van der Waals surface area (Å²) in [6, 6.07) is 8.04. The minimum Gasteiger partial charge on any atom is -0.324 e. The van der Waals surface area contributed by atoms with Gasteiger partial charge in [-0.15, -0.1) is 0 Å². The van der Waals surface area contributed by atoms with E-state index in [1.165, 1.54) is 24.8 Å². The number of nitrogens with two attached hydrogens (primary N) is 1. The first-order valence-electron chi connectivity index (χ1n) is 6.80. The molecule has 0 saturated heterocycles. The maximum Gasteiger partial charge on any atom is 0.0451 e. The van der Waals surface area contributed by atoms with Gasteiger partial charge in [0.25, 0.3) is 0 Å². The topological polar surface area (TPSA) is 29.3 Å². The number of rotatable bonds is 4. The molecule has 1 aromatic rings. The van der Waals surface area contributed by atoms with E-state index in [2.05, 4.69) is 18.0 Å². The Labute approximate surface area is 115 Å². The Bertz CT molecular complexity index is 386. The van der Waals surface area contributed by atoms with Crippen LogP contribution in [0.3, 0.4) is 0 Å². The molecule has 0 heterocycles. The maximum absolute atomic E-state index is 6.48. The smallest absolute Gasteiger partial charge is 0.0451 e. The predicted octanol–water partition coefficient (Wildman–Crippen LogP) is 3.43. The van der Waals surface area contributed by atoms with Gasteiger partial charge in [0, 0.05) is 23.7 Å². The van der Waals surface area contributed by atoms with Gasteiger partial charge in [-0.25, -0.2) is 0 Å². The van der Waals surface area contributed by atoms with Crippen molar-refractivity contribution in [1.82, 2.24) is 4.90 Å². The number of hydrogen-bond donors (Lipinski definition) is 1. The normalized spacial score (nSPS) is 19.1. The summed E-state index contributed by atoms with van der Waals surface area (Å²) in [5, 5.41) is 0.846. The molecule has 0 amide bonds. The van der Waals surface area contributed by atoms with Crippen molar-refractivity contribution in [2.75, 3.05) is 13.6 Å². The SMILES string of the molecule is CN(Cc1ccccc1Cl)CC1(N)CCCCC1. The highest BCUT2D eigenvalue weighted by molar-refractivity contribution is 6.31. The second-order valence-corrected chi connectivity index (χ2v) is 6.09. The first kappa shape index (κ1) is 13.9. The first-order chi connectivity index (χ1) is 8.59. The third kappa shape index (κ3) is 3.71. The van der Waals surface area contributed by atoms with Gasteiger partial charge in [0.2, 0.25) is 0 Å². The van der Waals surface area contributed by atoms with Gasteiger partial charge < -0.3 is 10.6 Å². The van der Waals surface area contributed by atoms with Crippen molar-refractivity contribution in [3.63, 3.8) is 0 Å². The largest absolute Gasteiger partial charge is 0.324 e. The Morgan fingerprint density at radius 1 is 1.22 bits per heavy atom. The molecule has 0 atom stereocenters. The standard InChI is InChI=1S/C15H23ClN2/c1-18(11-13-7-3-4-8-14(13)16)12-15(17)9-5-2-6-10-15/h3-4,7-8H,2,5-6,9-12,17H2,1H3. The zero-order valence-corrected chi connectivity index (χ0v) is 11.9. The first-order valence-corrected chi connectivity index (χ1v) is 7.18. The van der Waals surface area contributed by atoms with E-state index >= 15 is 0 Å². The fourth-order valence-electron chi connectivity index (χ4n) is 2.92. The lowest BCUT2D eigenvalue weighted by Crippen LogP contribution is -2.50. The molecule has 0 aliphatic heterocycles. The Morgan fingerprint density at radius 2 is 1.89 bits per heavy atom. The van der Waals surface area contributed by atoms with Crippen molar-refractivity contribution in [3.05, 3.63) is 34.9 Å². The minimum absolute atomic E-state index is 0.00819. The van der Waals surface area contributed by atoms with Crippen LogP contribution in [0.4, 0.5) is 0 Å². The van der Waals surface area contributed by atoms with Crippen LogP contribution in [0.25, 0.3) is 0 Å². The lowest BCUT2D eigenvalue weighted by molar-refractivity contribution is 0.193. The van der Waals surface area contributed by atoms with Crippen LogP contribution in [-0.4, -0.2) is 24.0 Å². The maximum atomic E-state index is 6.48. The van der Waals surface area contributed by atoms with Crippen molar-refractivity contribution in [2.45, 2.75) is 44.2 Å². The van der Waals surface area contributed by atoms with Gasteiger partial charge in [0.15, 0.2) is 0 Å². The number of benzene rings is 1. The molecule has 100 valence electrons. The Kier molecular flexibility index (Phi) is 4.66. The van der Waals surface area contributed by atoms with Gasteiger partial charge in [0.1, 0.15) is 0 Å². The van der Waals surface area contributed by atoms with Crippen LogP contribution in [0.5, 0.6) is 0 Å². The van der Waals surface area contributed by atoms with Crippen LogP contribution in [-0.2, 0) is 6.54 Å². The molecule has 1 aromatic carbocycles. The number of nitrogens with zero attached hydrogens (tertiary/aromatic N) is 1. The minimum atomic E-state index is 0.00819. The predicted molar refractivity (Wildman–Crippen MR) is 77.8 cm³/mol. The van der Waals surface area contributed by atoms with Crippen molar-refractivity contribution in [1.29, 1.82) is 0 Å². The van der Waals surface area contributed by atoms with Gasteiger partial charge in [-0.2, -0.15) is 0 Å². The molecule has 1 saturated carbocycles. The highest BCUT2D eigenvalue weighted by atomic mass is 35.5. The molecule has 1 aliphatic carbocycles. The van der Waals surface area contributed by atoms with Crippen LogP contribution in [0.1, 0.15) is 37.7 Å². The lowest BCUT2D eigenvalue weighted by atomic mass is 9.82. The monoisotopic (exact) mass is 266 g/mol. The zero-order valence-electron chi connectivity index (χ0n) is 11.2. The van der Waals surface area contributed by atoms with Crippen LogP contribution >= 0.6 is 11.6 Å². The molecule has 1 aliphatic rings. The summed E-state index contributed by atoms with van der Waals surface area (Å²) in [7, 11) is 2.13. The van der Waals surface area contributed by atoms with Crippen LogP contribution < -0.4 is 5.73 Å². The molecule has 0 bridgehead atoms. The molecule has 0 unspecified atom stereocenters. The van der Waals surface area contributed by atoms with E-state index in [9.17, 15) is 0 Å². The summed E-state index contributed by atoms with van der Waals surface area (Å²) in [6.07, 6.45) is 6.19. The Balaban J connectivity index is 1.92. The van der Waals surface area contributed by atoms with Crippen LogP contribution in [0.2, 0.25) is 5.02 Å². The van der Waals surface area contributed by atoms with E-state index in [1.54, 1.807) is 0 Å². The lowest BCUT2D eigenvalue weighted by Gasteiger charge is -2.37. The Morgan fingerprint density at radius 3 is 2.56 bits per heavy atom. The number of hydrogen-bond acceptors (Lipinski definition) is 2. The van der Waals surface area contributed by atoms with Gasteiger partial charge in [-0.1, -0.05) is 49.1 Å². The van der Waals surface area contributed by atoms with Crippen LogP contribution in [0, 0.1) is 0 Å². The van der Waals surface area contributed by atoms with E-state index < -0.39 is 0 Å². The van der Waals surface area contributed by atoms with Crippen molar-refractivity contribution >= 4 is 11.6 Å². The molecule has 2 nitrogen and oxygen atoms in total. The average Bonchev–Trinajstić information content (AvgIpc) is 2.32. The van der Waals surface area contributed by atoms with E-state index in [0.29, 0.717) is 0 Å². The van der Waals surface area contributed by atoms with Gasteiger partial charge in [0.05, 0.1) is 0 Å². The number of halogens is 1. The van der Waals surface area contributed by atoms with E-state index in [0.717, 1.165) is 31.0 Å². The molecule has 1 fully saturated rings. The fourth-order valence-corrected chi connectivity index (χ4v) is 3.12. The molecule has 3 heteroatoms. The summed E-state index contributed by atoms with van der Waals surface area (Å²) in [6.45, 7) is 1.83. The summed E-state index contributed by atoms with van der Waals surface area (Å²) < 4.78 is 0. The Hall–Kier alpha value is -0.570. The van der Waals surface area contributed by atoms with Crippen molar-refractivity contribution in [3.8, 4) is 0 Å². The highest BCUT2D eigenvalue weighted by Gasteiger charge is 2.28. The summed E-state index contributed by atoms with van der Waals surface area (Å²) in [4.78, 5) is 2.30. The quantitative estimate of drug-likeness (QED) is 0.905. The zero-order chi connectivity index (χ0) is 13.0. The highest BCUT2D eigenvalue weighted by Crippen LogP contribution is 2.27. The van der Waals surface area contributed by atoms with E-state index in [4.69, 9.17) is 17.3 Å². The van der Waals surface area contributed by atoms with Crippen molar-refractivity contribution < 1.29 is 0 Å². The van der Waals surface area contributed by atoms with E-state index in [1.807, 2.05) is 18.2 Å². The molecule has 18 heavy (non-hydrogen) atoms. The molecular weight excluding hydrogens is 244 g/mol. The molecular formula is C15H23ClN2. The average molecular weight is 267 g/mol. The molecule has 0 aromatic heterocycles. The summed E-state index contributed by atoms with van der Waals surface area (Å²) in [5.74, 6) is 0. The van der Waals surface area contributed by atoms with Crippen LogP contribution in [0.15, 0.2) is 24.3 Å². The summed E-state index contributed by atoms with van der Waals surface area (Å²) >= 11 is 6.19. The second kappa shape index (κ2) is 6.05. The van der Waals surface area contributed by atoms with Gasteiger partial charge in [-0.05, 0) is 31.5 Å². The fraction of sp³-hybridized carbons (Fsp3) is 0.600. The molecule has 2 rings (SSSR count). The van der Waals surface area contributed by atoms with E-state index in [-0.39, 0.29) is 5.54 Å². The number of likely N-dealkylation sites (N-methyl/N-ethyl adjacent to an activating group) is 1.